The van der Waals surface area contributed by atoms with Crippen molar-refractivity contribution >= 4 is 41.5 Å². The van der Waals surface area contributed by atoms with Gasteiger partial charge in [0, 0.05) is 32.9 Å². The fourth-order valence-corrected chi connectivity index (χ4v) is 2.43. The minimum atomic E-state index is -0.343. The number of hydrogen-bond donors (Lipinski definition) is 2. The number of aliphatic imine (C=N–C) groups is 1. The van der Waals surface area contributed by atoms with Crippen LogP contribution in [0.2, 0.25) is 0 Å². The first kappa shape index (κ1) is 21.6. The van der Waals surface area contributed by atoms with E-state index < -0.39 is 0 Å². The SMILES string of the molecule is CN=C(NCC(=O)Nc1ccc(F)cc1)N1CCOC(COC)C1.I. The Morgan fingerprint density at radius 1 is 1.44 bits per heavy atom. The number of hydrogen-bond acceptors (Lipinski definition) is 4. The zero-order valence-electron chi connectivity index (χ0n) is 14.3. The molecule has 1 unspecified atom stereocenters. The Kier molecular flexibility index (Phi) is 9.68. The smallest absolute Gasteiger partial charge is 0.243 e. The van der Waals surface area contributed by atoms with Crippen LogP contribution < -0.4 is 10.6 Å². The van der Waals surface area contributed by atoms with E-state index in [1.165, 1.54) is 24.3 Å². The largest absolute Gasteiger partial charge is 0.382 e. The molecule has 0 aliphatic carbocycles. The van der Waals surface area contributed by atoms with Crippen LogP contribution in [-0.4, -0.2) is 69.9 Å². The third-order valence-electron chi connectivity index (χ3n) is 3.54. The number of benzene rings is 1. The molecule has 7 nitrogen and oxygen atoms in total. The molecular weight excluding hydrogens is 442 g/mol. The summed E-state index contributed by atoms with van der Waals surface area (Å²) in [4.78, 5) is 18.2. The van der Waals surface area contributed by atoms with Crippen molar-refractivity contribution in [2.24, 2.45) is 4.99 Å². The average molecular weight is 466 g/mol. The molecule has 0 aromatic heterocycles. The monoisotopic (exact) mass is 466 g/mol. The lowest BCUT2D eigenvalue weighted by atomic mass is 10.3. The summed E-state index contributed by atoms with van der Waals surface area (Å²) >= 11 is 0. The number of nitrogens with one attached hydrogen (secondary N) is 2. The van der Waals surface area contributed by atoms with Crippen molar-refractivity contribution in [3.05, 3.63) is 30.1 Å². The van der Waals surface area contributed by atoms with Gasteiger partial charge in [-0.15, -0.1) is 24.0 Å². The standard InChI is InChI=1S/C16H23FN4O3.HI/c1-18-16(21-7-8-24-14(10-21)11-23-2)19-9-15(22)20-13-5-3-12(17)4-6-13;/h3-6,14H,7-11H2,1-2H3,(H,18,19)(H,20,22);1H. The Morgan fingerprint density at radius 3 is 2.80 bits per heavy atom. The number of guanidine groups is 1. The number of morpholine rings is 1. The van der Waals surface area contributed by atoms with Crippen molar-refractivity contribution in [1.29, 1.82) is 0 Å². The molecule has 0 bridgehead atoms. The van der Waals surface area contributed by atoms with E-state index in [1.54, 1.807) is 14.2 Å². The molecule has 2 rings (SSSR count). The summed E-state index contributed by atoms with van der Waals surface area (Å²) in [5.41, 5.74) is 0.546. The van der Waals surface area contributed by atoms with Gasteiger partial charge in [0.2, 0.25) is 5.91 Å². The van der Waals surface area contributed by atoms with E-state index in [9.17, 15) is 9.18 Å². The number of nitrogens with zero attached hydrogens (tertiary/aromatic N) is 2. The van der Waals surface area contributed by atoms with E-state index in [1.807, 2.05) is 4.90 Å². The molecule has 0 saturated carbocycles. The number of carbonyl (C=O) groups is 1. The zero-order chi connectivity index (χ0) is 17.4. The van der Waals surface area contributed by atoms with Crippen LogP contribution in [0.3, 0.4) is 0 Å². The lowest BCUT2D eigenvalue weighted by Gasteiger charge is -2.34. The van der Waals surface area contributed by atoms with E-state index in [-0.39, 0.29) is 48.3 Å². The van der Waals surface area contributed by atoms with Crippen LogP contribution in [0.5, 0.6) is 0 Å². The summed E-state index contributed by atoms with van der Waals surface area (Å²) in [5.74, 6) is 0.0579. The van der Waals surface area contributed by atoms with E-state index in [0.717, 1.165) is 0 Å². The van der Waals surface area contributed by atoms with Gasteiger partial charge in [0.25, 0.3) is 0 Å². The summed E-state index contributed by atoms with van der Waals surface area (Å²) in [7, 11) is 3.30. The van der Waals surface area contributed by atoms with Crippen LogP contribution in [0, 0.1) is 5.82 Å². The molecule has 1 atom stereocenters. The maximum atomic E-state index is 12.9. The van der Waals surface area contributed by atoms with Gasteiger partial charge in [-0.05, 0) is 24.3 Å². The molecule has 0 spiro atoms. The Hall–Kier alpha value is -1.46. The van der Waals surface area contributed by atoms with Gasteiger partial charge in [-0.25, -0.2) is 4.39 Å². The first-order chi connectivity index (χ1) is 11.6. The number of rotatable bonds is 5. The number of amides is 1. The third-order valence-corrected chi connectivity index (χ3v) is 3.54. The molecule has 25 heavy (non-hydrogen) atoms. The van der Waals surface area contributed by atoms with Crippen LogP contribution in [0.4, 0.5) is 10.1 Å². The van der Waals surface area contributed by atoms with Crippen LogP contribution >= 0.6 is 24.0 Å². The molecule has 1 fully saturated rings. The molecule has 1 heterocycles. The van der Waals surface area contributed by atoms with Gasteiger partial charge in [-0.1, -0.05) is 0 Å². The Bertz CT molecular complexity index is 569. The van der Waals surface area contributed by atoms with Crippen LogP contribution in [0.1, 0.15) is 0 Å². The normalized spacial score (nSPS) is 17.6. The Morgan fingerprint density at radius 2 is 2.16 bits per heavy atom. The summed E-state index contributed by atoms with van der Waals surface area (Å²) in [5, 5.41) is 5.72. The number of halogens is 2. The van der Waals surface area contributed by atoms with E-state index >= 15 is 0 Å². The highest BCUT2D eigenvalue weighted by atomic mass is 127. The molecule has 2 N–H and O–H groups in total. The molecule has 1 aromatic rings. The maximum Gasteiger partial charge on any atom is 0.243 e. The molecule has 1 aromatic carbocycles. The molecule has 1 aliphatic heterocycles. The van der Waals surface area contributed by atoms with Crippen molar-refractivity contribution in [3.8, 4) is 0 Å². The summed E-state index contributed by atoms with van der Waals surface area (Å²) in [6, 6.07) is 5.62. The van der Waals surface area contributed by atoms with E-state index in [0.29, 0.717) is 38.0 Å². The van der Waals surface area contributed by atoms with Crippen LogP contribution in [-0.2, 0) is 14.3 Å². The lowest BCUT2D eigenvalue weighted by molar-refractivity contribution is -0.115. The number of anilines is 1. The highest BCUT2D eigenvalue weighted by molar-refractivity contribution is 14.0. The van der Waals surface area contributed by atoms with Gasteiger partial charge in [-0.2, -0.15) is 0 Å². The predicted octanol–water partition coefficient (Wildman–Crippen LogP) is 1.30. The van der Waals surface area contributed by atoms with Crippen molar-refractivity contribution in [3.63, 3.8) is 0 Å². The summed E-state index contributed by atoms with van der Waals surface area (Å²) in [6.07, 6.45) is -0.0182. The van der Waals surface area contributed by atoms with Gasteiger partial charge in [0.1, 0.15) is 5.82 Å². The zero-order valence-corrected chi connectivity index (χ0v) is 16.7. The minimum Gasteiger partial charge on any atom is -0.382 e. The lowest BCUT2D eigenvalue weighted by Crippen LogP contribution is -2.52. The molecule has 1 saturated heterocycles. The van der Waals surface area contributed by atoms with E-state index in [2.05, 4.69) is 15.6 Å². The highest BCUT2D eigenvalue weighted by Gasteiger charge is 2.23. The van der Waals surface area contributed by atoms with Gasteiger partial charge in [0.05, 0.1) is 25.9 Å². The first-order valence-corrected chi connectivity index (χ1v) is 7.74. The van der Waals surface area contributed by atoms with E-state index in [4.69, 9.17) is 9.47 Å². The van der Waals surface area contributed by atoms with Crippen molar-refractivity contribution in [2.75, 3.05) is 52.3 Å². The Labute approximate surface area is 164 Å². The number of methoxy groups -OCH3 is 1. The first-order valence-electron chi connectivity index (χ1n) is 7.74. The third kappa shape index (κ3) is 7.12. The highest BCUT2D eigenvalue weighted by Crippen LogP contribution is 2.08. The minimum absolute atomic E-state index is 0. The van der Waals surface area contributed by atoms with Crippen LogP contribution in [0.25, 0.3) is 0 Å². The van der Waals surface area contributed by atoms with Gasteiger partial charge < -0.3 is 25.0 Å². The Balaban J connectivity index is 0.00000312. The summed E-state index contributed by atoms with van der Waals surface area (Å²) in [6.45, 7) is 2.50. The molecule has 9 heteroatoms. The fraction of sp³-hybridized carbons (Fsp3) is 0.500. The molecular formula is C16H24FIN4O3. The molecule has 140 valence electrons. The van der Waals surface area contributed by atoms with Crippen molar-refractivity contribution < 1.29 is 18.7 Å². The maximum absolute atomic E-state index is 12.9. The topological polar surface area (TPSA) is 75.2 Å². The second-order valence-corrected chi connectivity index (χ2v) is 5.35. The number of ether oxygens (including phenoxy) is 2. The second-order valence-electron chi connectivity index (χ2n) is 5.35. The van der Waals surface area contributed by atoms with Gasteiger partial charge in [0.15, 0.2) is 5.96 Å². The predicted molar refractivity (Wildman–Crippen MR) is 105 cm³/mol. The van der Waals surface area contributed by atoms with Crippen molar-refractivity contribution in [2.45, 2.75) is 6.10 Å². The quantitative estimate of drug-likeness (QED) is 0.389. The number of carbonyl (C=O) groups excluding carboxylic acids is 1. The van der Waals surface area contributed by atoms with Gasteiger partial charge in [-0.3, -0.25) is 9.79 Å². The molecule has 0 radical (unpaired) electrons. The fourth-order valence-electron chi connectivity index (χ4n) is 2.43. The average Bonchev–Trinajstić information content (AvgIpc) is 2.58. The molecule has 1 aliphatic rings. The van der Waals surface area contributed by atoms with Gasteiger partial charge >= 0.3 is 0 Å². The summed E-state index contributed by atoms with van der Waals surface area (Å²) < 4.78 is 23.6. The second kappa shape index (κ2) is 11.2. The van der Waals surface area contributed by atoms with Crippen LogP contribution in [0.15, 0.2) is 29.3 Å². The molecule has 1 amide bonds. The van der Waals surface area contributed by atoms with Crippen molar-refractivity contribution in [1.82, 2.24) is 10.2 Å².